The average molecular weight is 410 g/mol. The Balaban J connectivity index is 2.51. The molecule has 0 unspecified atom stereocenters. The second kappa shape index (κ2) is 9.97. The quantitative estimate of drug-likeness (QED) is 0.364. The molecule has 2 N–H and O–H groups in total. The maximum Gasteiger partial charge on any atom is 0.274 e. The predicted molar refractivity (Wildman–Crippen MR) is 113 cm³/mol. The number of non-ortho nitro benzene ring substituents is 1. The third kappa shape index (κ3) is 5.08. The number of hydrogen-bond donors (Lipinski definition) is 2. The van der Waals surface area contributed by atoms with Crippen LogP contribution in [0.1, 0.15) is 32.8 Å². The lowest BCUT2D eigenvalue weighted by Crippen LogP contribution is -2.22. The van der Waals surface area contributed by atoms with E-state index in [0.29, 0.717) is 11.4 Å². The van der Waals surface area contributed by atoms with Crippen molar-refractivity contribution in [3.63, 3.8) is 0 Å². The highest BCUT2D eigenvalue weighted by molar-refractivity contribution is 5.94. The number of benzene rings is 2. The number of phenolic OH excluding ortho intramolecular Hbond substituents is 1. The van der Waals surface area contributed by atoms with Gasteiger partial charge in [-0.3, -0.25) is 14.9 Å². The minimum absolute atomic E-state index is 0.190. The number of azo groups is 1. The van der Waals surface area contributed by atoms with E-state index in [-0.39, 0.29) is 23.6 Å². The summed E-state index contributed by atoms with van der Waals surface area (Å²) in [5.41, 5.74) is 0.820. The number of hydrogen-bond acceptors (Lipinski definition) is 8. The predicted octanol–water partition coefficient (Wildman–Crippen LogP) is 4.78. The van der Waals surface area contributed by atoms with Gasteiger partial charge in [-0.15, -0.1) is 10.2 Å². The van der Waals surface area contributed by atoms with Crippen molar-refractivity contribution in [2.75, 3.05) is 23.3 Å². The second-order valence-corrected chi connectivity index (χ2v) is 6.21. The maximum absolute atomic E-state index is 11.9. The zero-order chi connectivity index (χ0) is 22.3. The number of amides is 1. The SMILES string of the molecule is CCC(=O)Nc1cc(N(CC)CC)ccc1N=Nc1c(O)cc([N+](=O)[O-])cc1C#N. The number of aromatic hydroxyl groups is 1. The number of nitriles is 1. The van der Waals surface area contributed by atoms with E-state index in [9.17, 15) is 25.3 Å². The minimum atomic E-state index is -0.716. The number of nitrogens with one attached hydrogen (secondary N) is 1. The standard InChI is InChI=1S/C20H22N6O4/c1-4-19(28)22-17-10-14(25(5-2)6-3)7-8-16(17)23-24-20-13(12-21)9-15(26(29)30)11-18(20)27/h7-11,27H,4-6H2,1-3H3,(H,22,28). The Morgan fingerprint density at radius 2 is 1.93 bits per heavy atom. The molecule has 0 aromatic heterocycles. The fourth-order valence-electron chi connectivity index (χ4n) is 2.74. The topological polar surface area (TPSA) is 144 Å². The molecule has 0 aliphatic rings. The summed E-state index contributed by atoms with van der Waals surface area (Å²) >= 11 is 0. The van der Waals surface area contributed by atoms with Gasteiger partial charge in [0.2, 0.25) is 5.91 Å². The Hall–Kier alpha value is -4.00. The van der Waals surface area contributed by atoms with Gasteiger partial charge in [0.1, 0.15) is 17.4 Å². The first-order chi connectivity index (χ1) is 14.3. The van der Waals surface area contributed by atoms with Crippen molar-refractivity contribution in [3.05, 3.63) is 46.0 Å². The van der Waals surface area contributed by atoms with Crippen LogP contribution < -0.4 is 10.2 Å². The molecule has 0 atom stereocenters. The lowest BCUT2D eigenvalue weighted by atomic mass is 10.1. The van der Waals surface area contributed by atoms with Gasteiger partial charge in [0.05, 0.1) is 22.2 Å². The molecule has 1 amide bonds. The van der Waals surface area contributed by atoms with E-state index in [1.807, 2.05) is 19.9 Å². The lowest BCUT2D eigenvalue weighted by molar-refractivity contribution is -0.384. The smallest absolute Gasteiger partial charge is 0.274 e. The highest BCUT2D eigenvalue weighted by Gasteiger charge is 2.17. The zero-order valence-corrected chi connectivity index (χ0v) is 16.9. The molecular weight excluding hydrogens is 388 g/mol. The number of rotatable bonds is 8. The van der Waals surface area contributed by atoms with E-state index < -0.39 is 16.4 Å². The Morgan fingerprint density at radius 1 is 1.23 bits per heavy atom. The minimum Gasteiger partial charge on any atom is -0.505 e. The molecule has 10 nitrogen and oxygen atoms in total. The fraction of sp³-hybridized carbons (Fsp3) is 0.300. The summed E-state index contributed by atoms with van der Waals surface area (Å²) in [4.78, 5) is 24.2. The molecule has 0 fully saturated rings. The van der Waals surface area contributed by atoms with Crippen LogP contribution in [-0.2, 0) is 4.79 Å². The van der Waals surface area contributed by atoms with Crippen LogP contribution in [0.4, 0.5) is 28.4 Å². The summed E-state index contributed by atoms with van der Waals surface area (Å²) in [6.45, 7) is 7.31. The van der Waals surface area contributed by atoms with Crippen molar-refractivity contribution in [2.24, 2.45) is 10.2 Å². The molecule has 0 radical (unpaired) electrons. The molecule has 0 bridgehead atoms. The maximum atomic E-state index is 11.9. The molecular formula is C20H22N6O4. The first-order valence-corrected chi connectivity index (χ1v) is 9.36. The van der Waals surface area contributed by atoms with Gasteiger partial charge < -0.3 is 15.3 Å². The Bertz CT molecular complexity index is 1020. The van der Waals surface area contributed by atoms with Gasteiger partial charge in [-0.25, -0.2) is 0 Å². The number of phenols is 1. The molecule has 0 aliphatic carbocycles. The van der Waals surface area contributed by atoms with E-state index in [0.717, 1.165) is 30.9 Å². The summed E-state index contributed by atoms with van der Waals surface area (Å²) < 4.78 is 0. The van der Waals surface area contributed by atoms with Crippen LogP contribution in [0.3, 0.4) is 0 Å². The number of nitro benzene ring substituents is 1. The molecule has 10 heteroatoms. The van der Waals surface area contributed by atoms with Crippen LogP contribution >= 0.6 is 0 Å². The summed E-state index contributed by atoms with van der Waals surface area (Å²) in [6.07, 6.45) is 0.272. The highest BCUT2D eigenvalue weighted by atomic mass is 16.6. The van der Waals surface area contributed by atoms with Crippen LogP contribution in [0.25, 0.3) is 0 Å². The summed E-state index contributed by atoms with van der Waals surface area (Å²) in [7, 11) is 0. The van der Waals surface area contributed by atoms with E-state index in [4.69, 9.17) is 0 Å². The Labute approximate surface area is 173 Å². The Kier molecular flexibility index (Phi) is 7.41. The first kappa shape index (κ1) is 22.3. The van der Waals surface area contributed by atoms with Gasteiger partial charge in [-0.1, -0.05) is 6.92 Å². The Morgan fingerprint density at radius 3 is 2.50 bits per heavy atom. The lowest BCUT2D eigenvalue weighted by Gasteiger charge is -2.22. The second-order valence-electron chi connectivity index (χ2n) is 6.21. The average Bonchev–Trinajstić information content (AvgIpc) is 2.74. The van der Waals surface area contributed by atoms with Gasteiger partial charge in [0, 0.05) is 31.3 Å². The molecule has 2 aromatic carbocycles. The van der Waals surface area contributed by atoms with Crippen LogP contribution in [-0.4, -0.2) is 29.0 Å². The number of carbonyl (C=O) groups is 1. The molecule has 0 saturated carbocycles. The molecule has 0 aliphatic heterocycles. The van der Waals surface area contributed by atoms with Gasteiger partial charge in [0.25, 0.3) is 5.69 Å². The van der Waals surface area contributed by atoms with Crippen molar-refractivity contribution in [1.82, 2.24) is 0 Å². The van der Waals surface area contributed by atoms with Crippen LogP contribution in [0.2, 0.25) is 0 Å². The molecule has 0 spiro atoms. The number of nitrogens with zero attached hydrogens (tertiary/aromatic N) is 5. The number of nitro groups is 1. The highest BCUT2D eigenvalue weighted by Crippen LogP contribution is 2.37. The summed E-state index contributed by atoms with van der Waals surface area (Å²) in [5.74, 6) is -0.748. The van der Waals surface area contributed by atoms with Crippen LogP contribution in [0.5, 0.6) is 5.75 Å². The van der Waals surface area contributed by atoms with Gasteiger partial charge in [-0.2, -0.15) is 5.26 Å². The third-order valence-corrected chi connectivity index (χ3v) is 4.37. The van der Waals surface area contributed by atoms with Crippen molar-refractivity contribution >= 4 is 34.3 Å². The third-order valence-electron chi connectivity index (χ3n) is 4.37. The van der Waals surface area contributed by atoms with Crippen molar-refractivity contribution < 1.29 is 14.8 Å². The zero-order valence-electron chi connectivity index (χ0n) is 16.9. The number of anilines is 2. The van der Waals surface area contributed by atoms with Crippen molar-refractivity contribution in [1.29, 1.82) is 5.26 Å². The van der Waals surface area contributed by atoms with Gasteiger partial charge >= 0.3 is 0 Å². The molecule has 2 rings (SSSR count). The first-order valence-electron chi connectivity index (χ1n) is 9.36. The van der Waals surface area contributed by atoms with Crippen LogP contribution in [0, 0.1) is 21.4 Å². The molecule has 156 valence electrons. The summed E-state index contributed by atoms with van der Waals surface area (Å²) in [5, 5.41) is 41.0. The molecule has 0 saturated heterocycles. The molecule has 2 aromatic rings. The van der Waals surface area contributed by atoms with Gasteiger partial charge in [0.15, 0.2) is 5.75 Å². The van der Waals surface area contributed by atoms with Gasteiger partial charge in [-0.05, 0) is 32.0 Å². The molecule has 0 heterocycles. The fourth-order valence-corrected chi connectivity index (χ4v) is 2.74. The largest absolute Gasteiger partial charge is 0.505 e. The monoisotopic (exact) mass is 410 g/mol. The normalized spacial score (nSPS) is 10.6. The van der Waals surface area contributed by atoms with E-state index in [2.05, 4.69) is 20.4 Å². The van der Waals surface area contributed by atoms with E-state index >= 15 is 0 Å². The number of carbonyl (C=O) groups excluding carboxylic acids is 1. The summed E-state index contributed by atoms with van der Waals surface area (Å²) in [6, 6.07) is 8.94. The van der Waals surface area contributed by atoms with E-state index in [1.165, 1.54) is 0 Å². The van der Waals surface area contributed by atoms with E-state index in [1.54, 1.807) is 25.1 Å². The van der Waals surface area contributed by atoms with Crippen molar-refractivity contribution in [2.45, 2.75) is 27.2 Å². The molecule has 30 heavy (non-hydrogen) atoms. The van der Waals surface area contributed by atoms with Crippen LogP contribution in [0.15, 0.2) is 40.6 Å². The van der Waals surface area contributed by atoms with Crippen molar-refractivity contribution in [3.8, 4) is 11.8 Å².